The lowest BCUT2D eigenvalue weighted by Crippen LogP contribution is -2.12. The van der Waals surface area contributed by atoms with Crippen LogP contribution in [-0.2, 0) is 14.8 Å². The molecule has 1 aromatic heterocycles. The number of benzene rings is 2. The number of carbonyl (C=O) groups excluding carboxylic acids is 1. The minimum absolute atomic E-state index is 0.120. The lowest BCUT2D eigenvalue weighted by molar-refractivity contribution is 0.0604. The molecule has 7 nitrogen and oxygen atoms in total. The summed E-state index contributed by atoms with van der Waals surface area (Å²) in [5, 5.41) is 1.72. The van der Waals surface area contributed by atoms with Gasteiger partial charge < -0.3 is 14.2 Å². The molecular formula is C19H17NO6S2. The highest BCUT2D eigenvalue weighted by atomic mass is 32.2. The van der Waals surface area contributed by atoms with Gasteiger partial charge in [-0.15, -0.1) is 11.3 Å². The fraction of sp³-hybridized carbons (Fsp3) is 0.105. The van der Waals surface area contributed by atoms with Crippen LogP contribution in [0.3, 0.4) is 0 Å². The maximum absolute atomic E-state index is 12.5. The van der Waals surface area contributed by atoms with Crippen LogP contribution < -0.4 is 14.2 Å². The molecule has 0 spiro atoms. The quantitative estimate of drug-likeness (QED) is 0.579. The first kappa shape index (κ1) is 19.7. The van der Waals surface area contributed by atoms with Crippen molar-refractivity contribution in [3.8, 4) is 17.2 Å². The number of esters is 1. The van der Waals surface area contributed by atoms with Crippen LogP contribution in [0, 0.1) is 0 Å². The molecule has 3 rings (SSSR count). The second-order valence-corrected chi connectivity index (χ2v) is 8.11. The van der Waals surface area contributed by atoms with Gasteiger partial charge in [0.25, 0.3) is 10.0 Å². The lowest BCUT2D eigenvalue weighted by Gasteiger charge is -2.10. The Morgan fingerprint density at radius 2 is 1.57 bits per heavy atom. The first-order valence-corrected chi connectivity index (χ1v) is 10.4. The minimum atomic E-state index is -3.73. The number of carbonyl (C=O) groups is 1. The fourth-order valence-electron chi connectivity index (χ4n) is 2.31. The maximum atomic E-state index is 12.5. The van der Waals surface area contributed by atoms with Crippen molar-refractivity contribution in [3.05, 3.63) is 64.9 Å². The first-order chi connectivity index (χ1) is 13.4. The Bertz CT molecular complexity index is 1060. The molecular weight excluding hydrogens is 402 g/mol. The molecule has 0 amide bonds. The van der Waals surface area contributed by atoms with Crippen molar-refractivity contribution in [2.75, 3.05) is 18.9 Å². The van der Waals surface area contributed by atoms with Gasteiger partial charge in [0, 0.05) is 5.69 Å². The number of anilines is 1. The smallest absolute Gasteiger partial charge is 0.351 e. The number of sulfonamides is 1. The van der Waals surface area contributed by atoms with Crippen LogP contribution in [0.15, 0.2) is 64.9 Å². The molecule has 0 saturated carbocycles. The zero-order chi connectivity index (χ0) is 20.1. The van der Waals surface area contributed by atoms with Crippen LogP contribution in [0.2, 0.25) is 0 Å². The molecule has 0 unspecified atom stereocenters. The predicted octanol–water partition coefficient (Wildman–Crippen LogP) is 4.14. The molecule has 0 radical (unpaired) electrons. The van der Waals surface area contributed by atoms with Crippen molar-refractivity contribution in [1.29, 1.82) is 0 Å². The van der Waals surface area contributed by atoms with Crippen LogP contribution in [0.1, 0.15) is 9.67 Å². The summed E-state index contributed by atoms with van der Waals surface area (Å²) in [7, 11) is -0.918. The summed E-state index contributed by atoms with van der Waals surface area (Å²) in [4.78, 5) is 12.2. The van der Waals surface area contributed by atoms with E-state index in [0.717, 1.165) is 0 Å². The molecule has 0 aliphatic rings. The van der Waals surface area contributed by atoms with E-state index in [9.17, 15) is 13.2 Å². The van der Waals surface area contributed by atoms with Crippen LogP contribution in [0.25, 0.3) is 0 Å². The molecule has 0 atom stereocenters. The highest BCUT2D eigenvalue weighted by Crippen LogP contribution is 2.31. The molecule has 146 valence electrons. The zero-order valence-electron chi connectivity index (χ0n) is 15.0. The maximum Gasteiger partial charge on any atom is 0.351 e. The molecule has 0 saturated heterocycles. The molecule has 3 aromatic rings. The average molecular weight is 419 g/mol. The van der Waals surface area contributed by atoms with Gasteiger partial charge in [0.15, 0.2) is 10.6 Å². The topological polar surface area (TPSA) is 90.9 Å². The summed E-state index contributed by atoms with van der Waals surface area (Å²) in [5.41, 5.74) is 0.377. The Balaban J connectivity index is 1.72. The normalized spacial score (nSPS) is 10.9. The summed E-state index contributed by atoms with van der Waals surface area (Å²) in [6.45, 7) is 0. The second-order valence-electron chi connectivity index (χ2n) is 5.51. The third-order valence-electron chi connectivity index (χ3n) is 3.70. The van der Waals surface area contributed by atoms with Gasteiger partial charge in [-0.1, -0.05) is 0 Å². The number of methoxy groups -OCH3 is 2. The van der Waals surface area contributed by atoms with Crippen LogP contribution in [-0.4, -0.2) is 28.6 Å². The predicted molar refractivity (Wildman–Crippen MR) is 106 cm³/mol. The van der Waals surface area contributed by atoms with E-state index in [2.05, 4.69) is 4.72 Å². The van der Waals surface area contributed by atoms with Gasteiger partial charge in [-0.3, -0.25) is 4.72 Å². The third kappa shape index (κ3) is 4.44. The first-order valence-electron chi connectivity index (χ1n) is 8.03. The van der Waals surface area contributed by atoms with E-state index in [0.29, 0.717) is 27.8 Å². The van der Waals surface area contributed by atoms with Gasteiger partial charge >= 0.3 is 5.97 Å². The van der Waals surface area contributed by atoms with E-state index < -0.39 is 16.0 Å². The van der Waals surface area contributed by atoms with Crippen molar-refractivity contribution in [2.45, 2.75) is 4.90 Å². The van der Waals surface area contributed by atoms with Gasteiger partial charge in [-0.2, -0.15) is 0 Å². The van der Waals surface area contributed by atoms with E-state index in [-0.39, 0.29) is 4.90 Å². The SMILES string of the molecule is COC(=O)c1sccc1Oc1ccc(NS(=O)(=O)c2ccc(OC)cc2)cc1. The van der Waals surface area contributed by atoms with Gasteiger partial charge in [0.1, 0.15) is 11.5 Å². The van der Waals surface area contributed by atoms with Crippen molar-refractivity contribution in [3.63, 3.8) is 0 Å². The van der Waals surface area contributed by atoms with E-state index in [1.54, 1.807) is 47.8 Å². The molecule has 0 fully saturated rings. The number of nitrogens with one attached hydrogen (secondary N) is 1. The summed E-state index contributed by atoms with van der Waals surface area (Å²) in [5.74, 6) is 0.924. The average Bonchev–Trinajstić information content (AvgIpc) is 3.17. The minimum Gasteiger partial charge on any atom is -0.497 e. The highest BCUT2D eigenvalue weighted by molar-refractivity contribution is 7.92. The summed E-state index contributed by atoms with van der Waals surface area (Å²) in [6.07, 6.45) is 0. The molecule has 28 heavy (non-hydrogen) atoms. The number of thiophene rings is 1. The molecule has 0 aliphatic heterocycles. The monoisotopic (exact) mass is 419 g/mol. The molecule has 2 aromatic carbocycles. The van der Waals surface area contributed by atoms with Crippen LogP contribution in [0.4, 0.5) is 5.69 Å². The Kier molecular flexibility index (Phi) is 5.86. The summed E-state index contributed by atoms with van der Waals surface area (Å²) >= 11 is 1.21. The number of ether oxygens (including phenoxy) is 3. The van der Waals surface area contributed by atoms with Crippen molar-refractivity contribution in [2.24, 2.45) is 0 Å². The van der Waals surface area contributed by atoms with E-state index >= 15 is 0 Å². The lowest BCUT2D eigenvalue weighted by atomic mass is 10.3. The molecule has 1 N–H and O–H groups in total. The van der Waals surface area contributed by atoms with E-state index in [1.807, 2.05) is 0 Å². The van der Waals surface area contributed by atoms with Gasteiger partial charge in [-0.25, -0.2) is 13.2 Å². The zero-order valence-corrected chi connectivity index (χ0v) is 16.7. The third-order valence-corrected chi connectivity index (χ3v) is 5.98. The fourth-order valence-corrected chi connectivity index (χ4v) is 4.10. The van der Waals surface area contributed by atoms with Crippen molar-refractivity contribution in [1.82, 2.24) is 0 Å². The van der Waals surface area contributed by atoms with Crippen LogP contribution in [0.5, 0.6) is 17.2 Å². The molecule has 1 heterocycles. The Morgan fingerprint density at radius 1 is 0.929 bits per heavy atom. The van der Waals surface area contributed by atoms with Gasteiger partial charge in [-0.05, 0) is 60.0 Å². The largest absolute Gasteiger partial charge is 0.497 e. The molecule has 0 bridgehead atoms. The van der Waals surface area contributed by atoms with Crippen molar-refractivity contribution < 1.29 is 27.4 Å². The molecule has 0 aliphatic carbocycles. The van der Waals surface area contributed by atoms with E-state index in [1.165, 1.54) is 37.7 Å². The van der Waals surface area contributed by atoms with Gasteiger partial charge in [0.05, 0.1) is 19.1 Å². The van der Waals surface area contributed by atoms with Crippen molar-refractivity contribution >= 4 is 33.0 Å². The number of rotatable bonds is 7. The van der Waals surface area contributed by atoms with Crippen LogP contribution >= 0.6 is 11.3 Å². The number of hydrogen-bond donors (Lipinski definition) is 1. The van der Waals surface area contributed by atoms with E-state index in [4.69, 9.17) is 14.2 Å². The Hall–Kier alpha value is -3.04. The highest BCUT2D eigenvalue weighted by Gasteiger charge is 2.16. The Morgan fingerprint density at radius 3 is 2.18 bits per heavy atom. The second kappa shape index (κ2) is 8.32. The Labute approximate surface area is 166 Å². The molecule has 9 heteroatoms. The summed E-state index contributed by atoms with van der Waals surface area (Å²) < 4.78 is 42.9. The standard InChI is InChI=1S/C19H17NO6S2/c1-24-14-7-9-16(10-8-14)28(22,23)20-13-3-5-15(6-4-13)26-17-11-12-27-18(17)19(21)25-2/h3-12,20H,1-2H3. The summed E-state index contributed by atoms with van der Waals surface area (Å²) in [6, 6.07) is 14.1. The number of hydrogen-bond acceptors (Lipinski definition) is 7. The van der Waals surface area contributed by atoms with Gasteiger partial charge in [0.2, 0.25) is 0 Å².